The second-order valence-corrected chi connectivity index (χ2v) is 3.95. The van der Waals surface area contributed by atoms with Crippen LogP contribution in [0.5, 0.6) is 5.75 Å². The van der Waals surface area contributed by atoms with Crippen LogP contribution < -0.4 is 5.32 Å². The molecular weight excluding hydrogens is 234 g/mol. The summed E-state index contributed by atoms with van der Waals surface area (Å²) < 4.78 is 5.07. The van der Waals surface area contributed by atoms with Crippen molar-refractivity contribution < 1.29 is 19.7 Å². The van der Waals surface area contributed by atoms with Gasteiger partial charge in [-0.3, -0.25) is 4.79 Å². The molecule has 1 aromatic carbocycles. The number of aryl methyl sites for hydroxylation is 1. The number of aromatic hydroxyl groups is 1. The van der Waals surface area contributed by atoms with E-state index in [9.17, 15) is 9.90 Å². The molecule has 0 saturated heterocycles. The van der Waals surface area contributed by atoms with Crippen LogP contribution in [0.4, 0.5) is 0 Å². The molecule has 0 bridgehead atoms. The number of amides is 1. The highest BCUT2D eigenvalue weighted by Gasteiger charge is 2.06. The molecule has 3 N–H and O–H groups in total. The summed E-state index contributed by atoms with van der Waals surface area (Å²) in [5.41, 5.74) is 1.20. The van der Waals surface area contributed by atoms with Crippen LogP contribution in [0.3, 0.4) is 0 Å². The first-order valence-electron chi connectivity index (χ1n) is 5.91. The molecule has 5 nitrogen and oxygen atoms in total. The van der Waals surface area contributed by atoms with Gasteiger partial charge in [0.1, 0.15) is 5.75 Å². The Morgan fingerprint density at radius 3 is 2.83 bits per heavy atom. The Hall–Kier alpha value is -1.59. The number of rotatable bonds is 7. The highest BCUT2D eigenvalue weighted by molar-refractivity contribution is 5.94. The van der Waals surface area contributed by atoms with Gasteiger partial charge >= 0.3 is 0 Å². The van der Waals surface area contributed by atoms with E-state index in [1.807, 2.05) is 0 Å². The highest BCUT2D eigenvalue weighted by atomic mass is 16.5. The molecule has 0 fully saturated rings. The van der Waals surface area contributed by atoms with Gasteiger partial charge in [0.25, 0.3) is 5.91 Å². The largest absolute Gasteiger partial charge is 0.508 e. The maximum atomic E-state index is 11.7. The number of phenols is 1. The monoisotopic (exact) mass is 253 g/mol. The van der Waals surface area contributed by atoms with Gasteiger partial charge in [0.2, 0.25) is 0 Å². The lowest BCUT2D eigenvalue weighted by Gasteiger charge is -2.07. The lowest BCUT2D eigenvalue weighted by atomic mass is 10.1. The normalized spacial score (nSPS) is 10.3. The number of phenolic OH excluding ortho intramolecular Hbond substituents is 1. The van der Waals surface area contributed by atoms with Crippen molar-refractivity contribution in [1.82, 2.24) is 5.32 Å². The van der Waals surface area contributed by atoms with E-state index in [0.29, 0.717) is 37.3 Å². The summed E-state index contributed by atoms with van der Waals surface area (Å²) in [6.45, 7) is 3.11. The Morgan fingerprint density at radius 2 is 2.17 bits per heavy atom. The highest BCUT2D eigenvalue weighted by Crippen LogP contribution is 2.16. The zero-order valence-electron chi connectivity index (χ0n) is 10.5. The Kier molecular flexibility index (Phi) is 6.18. The van der Waals surface area contributed by atoms with Crippen molar-refractivity contribution in [3.63, 3.8) is 0 Å². The number of nitrogens with one attached hydrogen (secondary N) is 1. The van der Waals surface area contributed by atoms with E-state index in [-0.39, 0.29) is 18.3 Å². The van der Waals surface area contributed by atoms with Crippen molar-refractivity contribution in [1.29, 1.82) is 0 Å². The van der Waals surface area contributed by atoms with Crippen molar-refractivity contribution in [3.05, 3.63) is 29.3 Å². The molecule has 1 rings (SSSR count). The molecule has 0 radical (unpaired) electrons. The van der Waals surface area contributed by atoms with Gasteiger partial charge in [0.15, 0.2) is 0 Å². The van der Waals surface area contributed by atoms with Gasteiger partial charge in [0.05, 0.1) is 13.2 Å². The molecule has 0 aromatic heterocycles. The van der Waals surface area contributed by atoms with Crippen LogP contribution in [0.25, 0.3) is 0 Å². The lowest BCUT2D eigenvalue weighted by Crippen LogP contribution is -2.25. The van der Waals surface area contributed by atoms with Gasteiger partial charge in [0, 0.05) is 18.7 Å². The second-order valence-electron chi connectivity index (χ2n) is 3.95. The zero-order chi connectivity index (χ0) is 13.4. The van der Waals surface area contributed by atoms with Gasteiger partial charge in [-0.05, 0) is 37.1 Å². The third-order valence-electron chi connectivity index (χ3n) is 2.45. The predicted molar refractivity (Wildman–Crippen MR) is 67.7 cm³/mol. The summed E-state index contributed by atoms with van der Waals surface area (Å²) in [5, 5.41) is 20.6. The number of hydrogen-bond acceptors (Lipinski definition) is 4. The van der Waals surface area contributed by atoms with E-state index < -0.39 is 0 Å². The molecule has 100 valence electrons. The molecule has 0 unspecified atom stereocenters. The molecule has 18 heavy (non-hydrogen) atoms. The maximum absolute atomic E-state index is 11.7. The minimum Gasteiger partial charge on any atom is -0.508 e. The fourth-order valence-corrected chi connectivity index (χ4v) is 1.44. The molecular formula is C13H19NO4. The fraction of sp³-hybridized carbons (Fsp3) is 0.462. The lowest BCUT2D eigenvalue weighted by molar-refractivity contribution is 0.0867. The first-order valence-corrected chi connectivity index (χ1v) is 5.91. The standard InChI is InChI=1S/C13H19NO4/c1-10-9-11(3-4-12(10)16)13(17)14-5-2-7-18-8-6-15/h3-4,9,15-16H,2,5-8H2,1H3,(H,14,17). The Bertz CT molecular complexity index is 393. The molecule has 1 amide bonds. The van der Waals surface area contributed by atoms with Gasteiger partial charge in [-0.25, -0.2) is 0 Å². The SMILES string of the molecule is Cc1cc(C(=O)NCCCOCCO)ccc1O. The van der Waals surface area contributed by atoms with Crippen molar-refractivity contribution in [2.24, 2.45) is 0 Å². The number of benzene rings is 1. The van der Waals surface area contributed by atoms with Gasteiger partial charge in [-0.2, -0.15) is 0 Å². The molecule has 0 atom stereocenters. The number of carbonyl (C=O) groups is 1. The van der Waals surface area contributed by atoms with Crippen LogP contribution in [0.2, 0.25) is 0 Å². The van der Waals surface area contributed by atoms with E-state index >= 15 is 0 Å². The van der Waals surface area contributed by atoms with Gasteiger partial charge < -0.3 is 20.3 Å². The van der Waals surface area contributed by atoms with Crippen LogP contribution in [-0.4, -0.2) is 42.5 Å². The summed E-state index contributed by atoms with van der Waals surface area (Å²) in [5.74, 6) is 0.0178. The van der Waals surface area contributed by atoms with Crippen LogP contribution in [0.15, 0.2) is 18.2 Å². The van der Waals surface area contributed by atoms with Crippen molar-refractivity contribution >= 4 is 5.91 Å². The summed E-state index contributed by atoms with van der Waals surface area (Å²) in [4.78, 5) is 11.7. The smallest absolute Gasteiger partial charge is 0.251 e. The Balaban J connectivity index is 2.30. The van der Waals surface area contributed by atoms with Crippen molar-refractivity contribution in [2.75, 3.05) is 26.4 Å². The Labute approximate surface area is 106 Å². The third-order valence-corrected chi connectivity index (χ3v) is 2.45. The number of hydrogen-bond donors (Lipinski definition) is 3. The zero-order valence-corrected chi connectivity index (χ0v) is 10.5. The number of carbonyl (C=O) groups excluding carboxylic acids is 1. The van der Waals surface area contributed by atoms with Crippen LogP contribution in [0, 0.1) is 6.92 Å². The predicted octanol–water partition coefficient (Wildman–Crippen LogP) is 0.829. The second kappa shape index (κ2) is 7.68. The topological polar surface area (TPSA) is 78.8 Å². The summed E-state index contributed by atoms with van der Waals surface area (Å²) in [6, 6.07) is 4.74. The average molecular weight is 253 g/mol. The first kappa shape index (κ1) is 14.5. The number of aliphatic hydroxyl groups is 1. The maximum Gasteiger partial charge on any atom is 0.251 e. The molecule has 0 aliphatic rings. The van der Waals surface area contributed by atoms with Gasteiger partial charge in [-0.15, -0.1) is 0 Å². The quantitative estimate of drug-likeness (QED) is 0.629. The number of ether oxygens (including phenoxy) is 1. The molecule has 0 aliphatic carbocycles. The van der Waals surface area contributed by atoms with Gasteiger partial charge in [-0.1, -0.05) is 0 Å². The molecule has 1 aromatic rings. The summed E-state index contributed by atoms with van der Waals surface area (Å²) >= 11 is 0. The Morgan fingerprint density at radius 1 is 1.39 bits per heavy atom. The first-order chi connectivity index (χ1) is 8.65. The van der Waals surface area contributed by atoms with E-state index in [0.717, 1.165) is 0 Å². The number of aliphatic hydroxyl groups excluding tert-OH is 1. The van der Waals surface area contributed by atoms with E-state index in [4.69, 9.17) is 9.84 Å². The minimum absolute atomic E-state index is 0.0130. The minimum atomic E-state index is -0.166. The molecule has 0 saturated carbocycles. The summed E-state index contributed by atoms with van der Waals surface area (Å²) in [7, 11) is 0. The summed E-state index contributed by atoms with van der Waals surface area (Å²) in [6.07, 6.45) is 0.697. The van der Waals surface area contributed by atoms with Crippen molar-refractivity contribution in [3.8, 4) is 5.75 Å². The van der Waals surface area contributed by atoms with Crippen LogP contribution >= 0.6 is 0 Å². The molecule has 0 aliphatic heterocycles. The van der Waals surface area contributed by atoms with E-state index in [1.165, 1.54) is 6.07 Å². The van der Waals surface area contributed by atoms with Crippen LogP contribution in [-0.2, 0) is 4.74 Å². The fourth-order valence-electron chi connectivity index (χ4n) is 1.44. The third kappa shape index (κ3) is 4.73. The molecule has 0 heterocycles. The van der Waals surface area contributed by atoms with E-state index in [1.54, 1.807) is 19.1 Å². The molecule has 0 spiro atoms. The van der Waals surface area contributed by atoms with Crippen molar-refractivity contribution in [2.45, 2.75) is 13.3 Å². The average Bonchev–Trinajstić information content (AvgIpc) is 2.36. The molecule has 5 heteroatoms. The van der Waals surface area contributed by atoms with E-state index in [2.05, 4.69) is 5.32 Å². The van der Waals surface area contributed by atoms with Crippen LogP contribution in [0.1, 0.15) is 22.3 Å².